The van der Waals surface area contributed by atoms with E-state index in [4.69, 9.17) is 5.73 Å². The number of oxime groups is 1. The second kappa shape index (κ2) is 9.80. The van der Waals surface area contributed by atoms with Gasteiger partial charge < -0.3 is 21.4 Å². The molecule has 2 aliphatic heterocycles. The Morgan fingerprint density at radius 2 is 2.21 bits per heavy atom. The van der Waals surface area contributed by atoms with Gasteiger partial charge in [0, 0.05) is 23.1 Å². The topological polar surface area (TPSA) is 171 Å². The first-order chi connectivity index (χ1) is 15.9. The number of rotatable bonds is 8. The standard InChI is InChI=1S/C19H18N6O5S3/c20-19-22-10(8-33-19)12(24-30)15(26)23-13-16(27)25-14(18(28)29)9(7-32-17(13)25)4-6-31-11-3-1-2-5-21-11/h1-3,5,8,13,17,30H,4,6-7H2,(H2,20,22)(H,23,26)(H,28,29)/b24-12-/t13-,17-/m1/s1. The molecule has 0 saturated carbocycles. The van der Waals surface area contributed by atoms with Crippen molar-refractivity contribution in [1.29, 1.82) is 0 Å². The Morgan fingerprint density at radius 1 is 1.39 bits per heavy atom. The lowest BCUT2D eigenvalue weighted by Crippen LogP contribution is -2.71. The molecule has 2 amide bonds. The highest BCUT2D eigenvalue weighted by molar-refractivity contribution is 8.00. The molecule has 4 rings (SSSR count). The highest BCUT2D eigenvalue weighted by atomic mass is 32.2. The number of carbonyl (C=O) groups excluding carboxylic acids is 2. The van der Waals surface area contributed by atoms with Crippen LogP contribution in [-0.2, 0) is 14.4 Å². The van der Waals surface area contributed by atoms with Crippen LogP contribution in [0.4, 0.5) is 5.13 Å². The van der Waals surface area contributed by atoms with Crippen LogP contribution in [-0.4, -0.2) is 71.6 Å². The molecule has 2 atom stereocenters. The fourth-order valence-electron chi connectivity index (χ4n) is 3.41. The zero-order valence-electron chi connectivity index (χ0n) is 16.9. The largest absolute Gasteiger partial charge is 0.477 e. The number of pyridine rings is 1. The first-order valence-electron chi connectivity index (χ1n) is 9.58. The van der Waals surface area contributed by atoms with Crippen LogP contribution in [0.1, 0.15) is 12.1 Å². The average molecular weight is 507 g/mol. The molecule has 172 valence electrons. The molecule has 2 aliphatic rings. The molecule has 0 aromatic carbocycles. The number of thioether (sulfide) groups is 2. The van der Waals surface area contributed by atoms with Crippen LogP contribution in [0.15, 0.2) is 51.2 Å². The van der Waals surface area contributed by atoms with Crippen LogP contribution in [0.3, 0.4) is 0 Å². The maximum atomic E-state index is 12.8. The molecular formula is C19H18N6O5S3. The molecule has 0 radical (unpaired) electrons. The fourth-order valence-corrected chi connectivity index (χ4v) is 6.21. The number of hydrogen-bond donors (Lipinski definition) is 4. The fraction of sp³-hybridized carbons (Fsp3) is 0.263. The van der Waals surface area contributed by atoms with Gasteiger partial charge in [-0.15, -0.1) is 34.9 Å². The predicted molar refractivity (Wildman–Crippen MR) is 124 cm³/mol. The van der Waals surface area contributed by atoms with Crippen molar-refractivity contribution in [2.75, 3.05) is 17.2 Å². The van der Waals surface area contributed by atoms with Gasteiger partial charge in [0.05, 0.1) is 5.03 Å². The van der Waals surface area contributed by atoms with Crippen molar-refractivity contribution in [3.8, 4) is 0 Å². The van der Waals surface area contributed by atoms with Crippen LogP contribution in [0, 0.1) is 0 Å². The van der Waals surface area contributed by atoms with E-state index in [1.807, 2.05) is 18.2 Å². The number of nitrogens with two attached hydrogens (primary N) is 1. The van der Waals surface area contributed by atoms with E-state index in [9.17, 15) is 24.7 Å². The molecule has 11 nitrogen and oxygen atoms in total. The van der Waals surface area contributed by atoms with Crippen LogP contribution < -0.4 is 11.1 Å². The molecule has 0 aliphatic carbocycles. The second-order valence-corrected chi connectivity index (χ2v) is 10.0. The van der Waals surface area contributed by atoms with Crippen molar-refractivity contribution in [2.24, 2.45) is 5.16 Å². The molecule has 1 fully saturated rings. The van der Waals surface area contributed by atoms with Gasteiger partial charge in [-0.1, -0.05) is 11.2 Å². The number of anilines is 1. The number of thiazole rings is 1. The van der Waals surface area contributed by atoms with E-state index in [0.29, 0.717) is 23.5 Å². The number of carboxylic acid groups (broad SMARTS) is 1. The maximum Gasteiger partial charge on any atom is 0.352 e. The molecular weight excluding hydrogens is 488 g/mol. The molecule has 0 bridgehead atoms. The minimum Gasteiger partial charge on any atom is -0.477 e. The summed E-state index contributed by atoms with van der Waals surface area (Å²) in [5.74, 6) is -1.51. The van der Waals surface area contributed by atoms with Crippen molar-refractivity contribution in [2.45, 2.75) is 22.9 Å². The monoisotopic (exact) mass is 506 g/mol. The third-order valence-electron chi connectivity index (χ3n) is 4.91. The van der Waals surface area contributed by atoms with Gasteiger partial charge in [-0.25, -0.2) is 14.8 Å². The summed E-state index contributed by atoms with van der Waals surface area (Å²) in [4.78, 5) is 46.7. The van der Waals surface area contributed by atoms with Crippen LogP contribution >= 0.6 is 34.9 Å². The number of fused-ring (bicyclic) bond motifs is 1. The summed E-state index contributed by atoms with van der Waals surface area (Å²) in [7, 11) is 0. The van der Waals surface area contributed by atoms with Gasteiger partial charge in [-0.3, -0.25) is 14.5 Å². The maximum absolute atomic E-state index is 12.8. The zero-order chi connectivity index (χ0) is 23.5. The van der Waals surface area contributed by atoms with Gasteiger partial charge in [0.1, 0.15) is 22.8 Å². The SMILES string of the molecule is Nc1nc(/C(=N/O)C(=O)N[C@@H]2C(=O)N3C(C(=O)O)=C(CCSc4ccccn4)CS[C@H]23)cs1. The normalized spacial score (nSPS) is 20.3. The summed E-state index contributed by atoms with van der Waals surface area (Å²) >= 11 is 3.94. The third kappa shape index (κ3) is 4.67. The average Bonchev–Trinajstić information content (AvgIpc) is 3.23. The van der Waals surface area contributed by atoms with E-state index < -0.39 is 29.2 Å². The Hall–Kier alpha value is -3.10. The number of hydrogen-bond acceptors (Lipinski definition) is 11. The quantitative estimate of drug-likeness (QED) is 0.134. The van der Waals surface area contributed by atoms with Gasteiger partial charge in [0.15, 0.2) is 10.8 Å². The van der Waals surface area contributed by atoms with E-state index in [1.165, 1.54) is 33.8 Å². The van der Waals surface area contributed by atoms with Crippen molar-refractivity contribution in [3.05, 3.63) is 46.7 Å². The highest BCUT2D eigenvalue weighted by Gasteiger charge is 2.54. The minimum atomic E-state index is -1.19. The molecule has 2 aromatic heterocycles. The van der Waals surface area contributed by atoms with E-state index >= 15 is 0 Å². The highest BCUT2D eigenvalue weighted by Crippen LogP contribution is 2.41. The van der Waals surface area contributed by atoms with Gasteiger partial charge in [0.25, 0.3) is 11.8 Å². The number of aromatic nitrogens is 2. The van der Waals surface area contributed by atoms with Crippen molar-refractivity contribution in [3.63, 3.8) is 0 Å². The number of amides is 2. The number of nitrogens with one attached hydrogen (secondary N) is 1. The molecule has 5 N–H and O–H groups in total. The number of aliphatic carboxylic acids is 1. The van der Waals surface area contributed by atoms with Crippen LogP contribution in [0.5, 0.6) is 0 Å². The summed E-state index contributed by atoms with van der Waals surface area (Å²) in [5.41, 5.74) is 5.87. The number of carboxylic acids is 1. The lowest BCUT2D eigenvalue weighted by atomic mass is 10.0. The van der Waals surface area contributed by atoms with Crippen molar-refractivity contribution >= 4 is 63.5 Å². The Labute approximate surface area is 200 Å². The Kier molecular flexibility index (Phi) is 6.85. The Bertz CT molecular complexity index is 1150. The smallest absolute Gasteiger partial charge is 0.352 e. The zero-order valence-corrected chi connectivity index (χ0v) is 19.3. The molecule has 14 heteroatoms. The van der Waals surface area contributed by atoms with Crippen molar-refractivity contribution in [1.82, 2.24) is 20.2 Å². The van der Waals surface area contributed by atoms with Crippen molar-refractivity contribution < 1.29 is 24.7 Å². The second-order valence-electron chi connectivity index (χ2n) is 6.90. The number of carbonyl (C=O) groups is 3. The van der Waals surface area contributed by atoms with E-state index in [0.717, 1.165) is 16.4 Å². The van der Waals surface area contributed by atoms with Crippen LogP contribution in [0.2, 0.25) is 0 Å². The number of β-lactam (4-membered cyclic amide) rings is 1. The van der Waals surface area contributed by atoms with Gasteiger partial charge in [0.2, 0.25) is 0 Å². The number of nitrogen functional groups attached to an aromatic ring is 1. The first kappa shape index (κ1) is 23.1. The van der Waals surface area contributed by atoms with Crippen LogP contribution in [0.25, 0.3) is 0 Å². The van der Waals surface area contributed by atoms with Gasteiger partial charge in [-0.2, -0.15) is 0 Å². The predicted octanol–water partition coefficient (Wildman–Crippen LogP) is 1.22. The lowest BCUT2D eigenvalue weighted by molar-refractivity contribution is -0.150. The first-order valence-corrected chi connectivity index (χ1v) is 12.5. The third-order valence-corrected chi connectivity index (χ3v) is 7.87. The summed E-state index contributed by atoms with van der Waals surface area (Å²) in [5, 5.41) is 26.4. The van der Waals surface area contributed by atoms with E-state index in [2.05, 4.69) is 20.4 Å². The Morgan fingerprint density at radius 3 is 2.85 bits per heavy atom. The Balaban J connectivity index is 1.44. The molecule has 4 heterocycles. The summed E-state index contributed by atoms with van der Waals surface area (Å²) in [6.07, 6.45) is 2.17. The molecule has 1 saturated heterocycles. The van der Waals surface area contributed by atoms with Gasteiger partial charge >= 0.3 is 5.97 Å². The van der Waals surface area contributed by atoms with E-state index in [1.54, 1.807) is 6.20 Å². The number of nitrogens with zero attached hydrogens (tertiary/aromatic N) is 4. The summed E-state index contributed by atoms with van der Waals surface area (Å²) in [6.45, 7) is 0. The molecule has 33 heavy (non-hydrogen) atoms. The minimum absolute atomic E-state index is 0.0424. The van der Waals surface area contributed by atoms with E-state index in [-0.39, 0.29) is 22.2 Å². The molecule has 2 aromatic rings. The lowest BCUT2D eigenvalue weighted by Gasteiger charge is -2.49. The summed E-state index contributed by atoms with van der Waals surface area (Å²) < 4.78 is 0. The molecule has 0 unspecified atom stereocenters. The summed E-state index contributed by atoms with van der Waals surface area (Å²) in [6, 6.07) is 4.62. The molecule has 0 spiro atoms. The van der Waals surface area contributed by atoms with Gasteiger partial charge in [-0.05, 0) is 24.1 Å².